The van der Waals surface area contributed by atoms with E-state index >= 15 is 0 Å². The summed E-state index contributed by atoms with van der Waals surface area (Å²) in [7, 11) is 2.88. The molecule has 11 heteroatoms. The third-order valence-electron chi connectivity index (χ3n) is 6.35. The first-order valence-corrected chi connectivity index (χ1v) is 14.4. The molecule has 43 heavy (non-hydrogen) atoms. The molecule has 0 unspecified atom stereocenters. The zero-order chi connectivity index (χ0) is 31.9. The SMILES string of the molecule is COC(=O)[C@H](Cc1cc(C)c(OCCc2cccc(N(C)C(=O)OC(C)(C)C)n2)c(C)c1)NC(=O)c1c(Cl)cccc1Cl. The van der Waals surface area contributed by atoms with Crippen molar-refractivity contribution in [2.45, 2.75) is 59.1 Å². The van der Waals surface area contributed by atoms with E-state index in [9.17, 15) is 14.4 Å². The van der Waals surface area contributed by atoms with Gasteiger partial charge >= 0.3 is 12.1 Å². The summed E-state index contributed by atoms with van der Waals surface area (Å²) in [5.74, 6) is 0.0216. The molecule has 2 aromatic carbocycles. The lowest BCUT2D eigenvalue weighted by molar-refractivity contribution is -0.142. The smallest absolute Gasteiger partial charge is 0.415 e. The van der Waals surface area contributed by atoms with Crippen LogP contribution in [0.2, 0.25) is 10.0 Å². The van der Waals surface area contributed by atoms with Gasteiger partial charge in [-0.25, -0.2) is 14.6 Å². The maximum atomic E-state index is 12.9. The fourth-order valence-corrected chi connectivity index (χ4v) is 4.95. The summed E-state index contributed by atoms with van der Waals surface area (Å²) in [6, 6.07) is 13.0. The van der Waals surface area contributed by atoms with Crippen LogP contribution in [0.5, 0.6) is 5.75 Å². The summed E-state index contributed by atoms with van der Waals surface area (Å²) < 4.78 is 16.5. The molecule has 0 aliphatic rings. The van der Waals surface area contributed by atoms with Crippen molar-refractivity contribution in [3.8, 4) is 5.75 Å². The van der Waals surface area contributed by atoms with Crippen LogP contribution < -0.4 is 15.0 Å². The van der Waals surface area contributed by atoms with Crippen molar-refractivity contribution in [3.63, 3.8) is 0 Å². The second-order valence-corrected chi connectivity index (χ2v) is 11.8. The summed E-state index contributed by atoms with van der Waals surface area (Å²) in [5, 5.41) is 3.06. The third-order valence-corrected chi connectivity index (χ3v) is 6.98. The Bertz CT molecular complexity index is 1440. The highest BCUT2D eigenvalue weighted by atomic mass is 35.5. The lowest BCUT2D eigenvalue weighted by Gasteiger charge is -2.24. The van der Waals surface area contributed by atoms with Crippen LogP contribution in [-0.2, 0) is 27.1 Å². The first-order chi connectivity index (χ1) is 20.2. The molecule has 0 aliphatic carbocycles. The minimum Gasteiger partial charge on any atom is -0.493 e. The maximum absolute atomic E-state index is 12.9. The minimum atomic E-state index is -0.965. The Balaban J connectivity index is 1.67. The number of carbonyl (C=O) groups is 3. The fourth-order valence-electron chi connectivity index (χ4n) is 4.38. The minimum absolute atomic E-state index is 0.0901. The van der Waals surface area contributed by atoms with Crippen LogP contribution in [0.25, 0.3) is 0 Å². The number of nitrogens with one attached hydrogen (secondary N) is 1. The van der Waals surface area contributed by atoms with E-state index in [1.54, 1.807) is 31.3 Å². The normalized spacial score (nSPS) is 11.8. The number of amides is 2. The molecule has 0 radical (unpaired) electrons. The van der Waals surface area contributed by atoms with Crippen LogP contribution in [0.3, 0.4) is 0 Å². The summed E-state index contributed by atoms with van der Waals surface area (Å²) in [4.78, 5) is 43.9. The lowest BCUT2D eigenvalue weighted by Crippen LogP contribution is -2.43. The van der Waals surface area contributed by atoms with Gasteiger partial charge in [-0.1, -0.05) is 47.5 Å². The van der Waals surface area contributed by atoms with Crippen molar-refractivity contribution in [2.24, 2.45) is 0 Å². The molecule has 0 saturated carbocycles. The predicted molar refractivity (Wildman–Crippen MR) is 167 cm³/mol. The third kappa shape index (κ3) is 9.33. The molecular formula is C32H37Cl2N3O6. The van der Waals surface area contributed by atoms with E-state index in [4.69, 9.17) is 37.4 Å². The van der Waals surface area contributed by atoms with Gasteiger partial charge in [-0.15, -0.1) is 0 Å². The molecule has 0 saturated heterocycles. The molecule has 1 atom stereocenters. The Hall–Kier alpha value is -3.82. The summed E-state index contributed by atoms with van der Waals surface area (Å²) in [5.41, 5.74) is 2.78. The van der Waals surface area contributed by atoms with Crippen LogP contribution in [0, 0.1) is 13.8 Å². The number of hydrogen-bond acceptors (Lipinski definition) is 7. The highest BCUT2D eigenvalue weighted by Crippen LogP contribution is 2.27. The molecule has 3 aromatic rings. The van der Waals surface area contributed by atoms with Crippen LogP contribution in [0.4, 0.5) is 10.6 Å². The van der Waals surface area contributed by atoms with Crippen LogP contribution in [0.1, 0.15) is 53.5 Å². The van der Waals surface area contributed by atoms with E-state index < -0.39 is 29.6 Å². The summed E-state index contributed by atoms with van der Waals surface area (Å²) >= 11 is 12.4. The largest absolute Gasteiger partial charge is 0.493 e. The monoisotopic (exact) mass is 629 g/mol. The molecule has 0 fully saturated rings. The van der Waals surface area contributed by atoms with Crippen molar-refractivity contribution in [1.82, 2.24) is 10.3 Å². The molecule has 1 aromatic heterocycles. The van der Waals surface area contributed by atoms with E-state index in [-0.39, 0.29) is 22.0 Å². The fraction of sp³-hybridized carbons (Fsp3) is 0.375. The number of rotatable bonds is 10. The van der Waals surface area contributed by atoms with E-state index in [2.05, 4.69) is 10.3 Å². The number of ether oxygens (including phenoxy) is 3. The average Bonchev–Trinajstić information content (AvgIpc) is 2.92. The molecular weight excluding hydrogens is 593 g/mol. The Morgan fingerprint density at radius 2 is 1.60 bits per heavy atom. The Labute approximate surface area is 262 Å². The van der Waals surface area contributed by atoms with Crippen molar-refractivity contribution in [1.29, 1.82) is 0 Å². The maximum Gasteiger partial charge on any atom is 0.415 e. The van der Waals surface area contributed by atoms with Gasteiger partial charge in [0.15, 0.2) is 0 Å². The number of halogens is 2. The molecule has 1 N–H and O–H groups in total. The van der Waals surface area contributed by atoms with Crippen LogP contribution >= 0.6 is 23.2 Å². The van der Waals surface area contributed by atoms with Gasteiger partial charge in [0.05, 0.1) is 29.3 Å². The number of aromatic nitrogens is 1. The number of pyridine rings is 1. The molecule has 0 bridgehead atoms. The van der Waals surface area contributed by atoms with E-state index in [1.165, 1.54) is 12.0 Å². The van der Waals surface area contributed by atoms with E-state index in [1.807, 2.05) is 58.9 Å². The first-order valence-electron chi connectivity index (χ1n) is 13.7. The number of benzene rings is 2. The highest BCUT2D eigenvalue weighted by molar-refractivity contribution is 6.39. The Morgan fingerprint density at radius 3 is 2.19 bits per heavy atom. The number of carbonyl (C=O) groups excluding carboxylic acids is 3. The lowest BCUT2D eigenvalue weighted by atomic mass is 9.99. The molecule has 230 valence electrons. The van der Waals surface area contributed by atoms with Crippen LogP contribution in [-0.4, -0.2) is 55.4 Å². The van der Waals surface area contributed by atoms with Gasteiger partial charge in [0.2, 0.25) is 0 Å². The number of aryl methyl sites for hydroxylation is 2. The van der Waals surface area contributed by atoms with E-state index in [0.717, 1.165) is 22.4 Å². The van der Waals surface area contributed by atoms with Gasteiger partial charge in [-0.05, 0) is 75.6 Å². The second-order valence-electron chi connectivity index (χ2n) is 11.0. The standard InChI is InChI=1S/C32H37Cl2N3O6/c1-19-16-21(18-25(30(39)41-7)36-29(38)27-23(33)11-9-12-24(27)34)17-20(2)28(19)42-15-14-22-10-8-13-26(35-22)37(6)31(40)43-32(3,4)5/h8-13,16-17,25H,14-15,18H2,1-7H3,(H,36,38)/t25-/m0/s1. The number of anilines is 1. The zero-order valence-corrected chi connectivity index (χ0v) is 26.9. The van der Waals surface area contributed by atoms with Gasteiger partial charge in [-0.3, -0.25) is 9.69 Å². The van der Waals surface area contributed by atoms with Crippen molar-refractivity contribution >= 4 is 47.0 Å². The van der Waals surface area contributed by atoms with Crippen molar-refractivity contribution in [2.75, 3.05) is 25.7 Å². The molecule has 3 rings (SSSR count). The van der Waals surface area contributed by atoms with Crippen molar-refractivity contribution < 1.29 is 28.6 Å². The van der Waals surface area contributed by atoms with Gasteiger partial charge in [-0.2, -0.15) is 0 Å². The average molecular weight is 631 g/mol. The Morgan fingerprint density at radius 1 is 1.00 bits per heavy atom. The molecule has 9 nitrogen and oxygen atoms in total. The molecule has 0 aliphatic heterocycles. The summed E-state index contributed by atoms with van der Waals surface area (Å²) in [6.45, 7) is 9.61. The topological polar surface area (TPSA) is 107 Å². The molecule has 0 spiro atoms. The highest BCUT2D eigenvalue weighted by Gasteiger charge is 2.26. The van der Waals surface area contributed by atoms with Gasteiger partial charge in [0, 0.05) is 25.6 Å². The van der Waals surface area contributed by atoms with E-state index in [0.29, 0.717) is 24.6 Å². The number of methoxy groups -OCH3 is 1. The number of hydrogen-bond donors (Lipinski definition) is 1. The van der Waals surface area contributed by atoms with Gasteiger partial charge in [0.1, 0.15) is 23.2 Å². The zero-order valence-electron chi connectivity index (χ0n) is 25.4. The quantitative estimate of drug-likeness (QED) is 0.255. The van der Waals surface area contributed by atoms with Gasteiger partial charge in [0.25, 0.3) is 5.91 Å². The molecule has 2 amide bonds. The van der Waals surface area contributed by atoms with Crippen LogP contribution in [0.15, 0.2) is 48.5 Å². The predicted octanol–water partition coefficient (Wildman–Crippen LogP) is 6.51. The second kappa shape index (κ2) is 14.6. The van der Waals surface area contributed by atoms with Gasteiger partial charge < -0.3 is 19.5 Å². The number of esters is 1. The van der Waals surface area contributed by atoms with Crippen molar-refractivity contribution in [3.05, 3.63) is 86.5 Å². The number of nitrogens with zero attached hydrogens (tertiary/aromatic N) is 2. The summed E-state index contributed by atoms with van der Waals surface area (Å²) in [6.07, 6.45) is 0.212. The Kier molecular flexibility index (Phi) is 11.4. The first kappa shape index (κ1) is 33.7. The molecule has 1 heterocycles.